The van der Waals surface area contributed by atoms with Crippen LogP contribution < -0.4 is 10.6 Å². The van der Waals surface area contributed by atoms with Gasteiger partial charge in [0.2, 0.25) is 5.13 Å². The lowest BCUT2D eigenvalue weighted by molar-refractivity contribution is 0.0926. The van der Waals surface area contributed by atoms with E-state index in [4.69, 9.17) is 5.73 Å². The molecular weight excluding hydrogens is 252 g/mol. The molecule has 1 aromatic heterocycles. The van der Waals surface area contributed by atoms with Crippen LogP contribution in [0.5, 0.6) is 0 Å². The molecule has 0 atom stereocenters. The number of carbonyl (C=O) groups is 2. The number of benzene rings is 1. The van der Waals surface area contributed by atoms with Crippen LogP contribution in [-0.2, 0) is 0 Å². The van der Waals surface area contributed by atoms with Gasteiger partial charge in [0.15, 0.2) is 0 Å². The fourth-order valence-corrected chi connectivity index (χ4v) is 2.49. The number of hydrogen-bond acceptors (Lipinski definition) is 6. The van der Waals surface area contributed by atoms with E-state index in [1.807, 2.05) is 0 Å². The number of nitrogen functional groups attached to an aromatic ring is 1. The number of hydrogen-bond donors (Lipinski definition) is 1. The maximum atomic E-state index is 12.2. The Morgan fingerprint density at radius 2 is 1.89 bits per heavy atom. The van der Waals surface area contributed by atoms with Gasteiger partial charge in [-0.2, -0.15) is 0 Å². The van der Waals surface area contributed by atoms with Crippen LogP contribution in [0.1, 0.15) is 25.7 Å². The zero-order valence-corrected chi connectivity index (χ0v) is 10.2. The van der Waals surface area contributed by atoms with Crippen molar-refractivity contribution in [3.63, 3.8) is 0 Å². The molecule has 0 unspecified atom stereocenters. The number of imide groups is 1. The highest BCUT2D eigenvalue weighted by molar-refractivity contribution is 7.15. The molecule has 0 bridgehead atoms. The van der Waals surface area contributed by atoms with Crippen molar-refractivity contribution in [2.24, 2.45) is 0 Å². The average molecular weight is 260 g/mol. The van der Waals surface area contributed by atoms with Crippen LogP contribution in [0.3, 0.4) is 0 Å². The maximum Gasteiger partial charge on any atom is 0.268 e. The first-order valence-electron chi connectivity index (χ1n) is 5.16. The van der Waals surface area contributed by atoms with Crippen LogP contribution in [0.2, 0.25) is 0 Å². The molecule has 6 nitrogen and oxygen atoms in total. The lowest BCUT2D eigenvalue weighted by atomic mass is 10.1. The van der Waals surface area contributed by atoms with Crippen molar-refractivity contribution in [1.82, 2.24) is 10.2 Å². The van der Waals surface area contributed by atoms with Gasteiger partial charge >= 0.3 is 0 Å². The highest BCUT2D eigenvalue weighted by atomic mass is 32.1. The molecule has 0 saturated heterocycles. The molecule has 0 fully saturated rings. The predicted molar refractivity (Wildman–Crippen MR) is 66.6 cm³/mol. The minimum Gasteiger partial charge on any atom is -0.399 e. The van der Waals surface area contributed by atoms with E-state index < -0.39 is 5.91 Å². The Kier molecular flexibility index (Phi) is 2.17. The highest BCUT2D eigenvalue weighted by Gasteiger charge is 2.38. The quantitative estimate of drug-likeness (QED) is 0.615. The first kappa shape index (κ1) is 10.8. The summed E-state index contributed by atoms with van der Waals surface area (Å²) in [7, 11) is 0. The third kappa shape index (κ3) is 1.41. The monoisotopic (exact) mass is 260 g/mol. The number of nitrogens with two attached hydrogens (primary N) is 1. The maximum absolute atomic E-state index is 12.2. The van der Waals surface area contributed by atoms with Gasteiger partial charge in [-0.05, 0) is 25.1 Å². The van der Waals surface area contributed by atoms with Crippen molar-refractivity contribution < 1.29 is 9.59 Å². The molecular formula is C11H8N4O2S. The Balaban J connectivity index is 2.12. The second kappa shape index (κ2) is 3.61. The Labute approximate surface area is 106 Å². The molecule has 0 saturated carbocycles. The van der Waals surface area contributed by atoms with Crippen molar-refractivity contribution >= 4 is 34.0 Å². The largest absolute Gasteiger partial charge is 0.399 e. The summed E-state index contributed by atoms with van der Waals surface area (Å²) in [5.74, 6) is -0.787. The number of aromatic nitrogens is 2. The van der Waals surface area contributed by atoms with Gasteiger partial charge in [0.25, 0.3) is 11.8 Å². The first-order chi connectivity index (χ1) is 8.58. The van der Waals surface area contributed by atoms with Crippen LogP contribution in [0, 0.1) is 6.92 Å². The number of carbonyl (C=O) groups excluding carboxylic acids is 2. The Morgan fingerprint density at radius 1 is 1.17 bits per heavy atom. The second-order valence-electron chi connectivity index (χ2n) is 3.85. The fraction of sp³-hybridized carbons (Fsp3) is 0.0909. The van der Waals surface area contributed by atoms with E-state index in [0.29, 0.717) is 21.8 Å². The summed E-state index contributed by atoms with van der Waals surface area (Å²) in [5, 5.41) is 8.62. The summed E-state index contributed by atoms with van der Waals surface area (Å²) >= 11 is 1.20. The molecule has 0 radical (unpaired) electrons. The third-order valence-corrected chi connectivity index (χ3v) is 3.44. The van der Waals surface area contributed by atoms with E-state index >= 15 is 0 Å². The summed E-state index contributed by atoms with van der Waals surface area (Å²) in [6.45, 7) is 1.76. The van der Waals surface area contributed by atoms with Gasteiger partial charge < -0.3 is 5.73 Å². The number of aryl methyl sites for hydroxylation is 1. The van der Waals surface area contributed by atoms with Crippen molar-refractivity contribution in [3.8, 4) is 0 Å². The molecule has 1 aliphatic heterocycles. The van der Waals surface area contributed by atoms with Crippen molar-refractivity contribution in [1.29, 1.82) is 0 Å². The zero-order chi connectivity index (χ0) is 12.9. The van der Waals surface area contributed by atoms with E-state index in [1.165, 1.54) is 17.4 Å². The molecule has 90 valence electrons. The molecule has 3 rings (SSSR count). The summed E-state index contributed by atoms with van der Waals surface area (Å²) in [6.07, 6.45) is 0. The molecule has 7 heteroatoms. The minimum atomic E-state index is -0.404. The van der Waals surface area contributed by atoms with Gasteiger partial charge in [-0.25, -0.2) is 4.90 Å². The lowest BCUT2D eigenvalue weighted by Gasteiger charge is -2.07. The summed E-state index contributed by atoms with van der Waals surface area (Å²) in [4.78, 5) is 25.3. The van der Waals surface area contributed by atoms with E-state index in [-0.39, 0.29) is 11.0 Å². The van der Waals surface area contributed by atoms with Crippen molar-refractivity contribution in [2.75, 3.05) is 10.6 Å². The van der Waals surface area contributed by atoms with Crippen molar-refractivity contribution in [3.05, 3.63) is 34.3 Å². The van der Waals surface area contributed by atoms with Gasteiger partial charge in [-0.3, -0.25) is 9.59 Å². The molecule has 2 heterocycles. The van der Waals surface area contributed by atoms with E-state index in [1.54, 1.807) is 19.1 Å². The molecule has 18 heavy (non-hydrogen) atoms. The lowest BCUT2D eigenvalue weighted by Crippen LogP contribution is -2.29. The predicted octanol–water partition coefficient (Wildman–Crippen LogP) is 1.23. The fourth-order valence-electron chi connectivity index (χ4n) is 1.81. The molecule has 0 spiro atoms. The van der Waals surface area contributed by atoms with E-state index in [2.05, 4.69) is 10.2 Å². The molecule has 2 aromatic rings. The molecule has 2 N–H and O–H groups in total. The summed E-state index contributed by atoms with van der Waals surface area (Å²) in [5.41, 5.74) is 6.73. The van der Waals surface area contributed by atoms with Crippen LogP contribution >= 0.6 is 11.3 Å². The van der Waals surface area contributed by atoms with Gasteiger partial charge in [0.05, 0.1) is 11.1 Å². The Morgan fingerprint density at radius 3 is 2.56 bits per heavy atom. The van der Waals surface area contributed by atoms with Crippen LogP contribution in [0.4, 0.5) is 10.8 Å². The minimum absolute atomic E-state index is 0.289. The smallest absolute Gasteiger partial charge is 0.268 e. The second-order valence-corrected chi connectivity index (χ2v) is 5.01. The summed E-state index contributed by atoms with van der Waals surface area (Å²) < 4.78 is 0. The molecule has 1 aromatic carbocycles. The van der Waals surface area contributed by atoms with Gasteiger partial charge in [0.1, 0.15) is 5.01 Å². The topological polar surface area (TPSA) is 89.2 Å². The third-order valence-electron chi connectivity index (χ3n) is 2.62. The molecule has 0 aliphatic carbocycles. The molecule has 1 aliphatic rings. The summed E-state index contributed by atoms with van der Waals surface area (Å²) in [6, 6.07) is 4.65. The van der Waals surface area contributed by atoms with Gasteiger partial charge in [-0.15, -0.1) is 10.2 Å². The van der Waals surface area contributed by atoms with Gasteiger partial charge in [0, 0.05) is 5.69 Å². The number of amides is 2. The molecule has 2 amide bonds. The van der Waals surface area contributed by atoms with E-state index in [0.717, 1.165) is 4.90 Å². The standard InChI is InChI=1S/C11H8N4O2S/c1-5-13-14-11(18-5)15-9(16)7-3-2-6(12)4-8(7)10(15)17/h2-4H,12H2,1H3. The number of rotatable bonds is 1. The van der Waals surface area contributed by atoms with Crippen molar-refractivity contribution in [2.45, 2.75) is 6.92 Å². The van der Waals surface area contributed by atoms with Crippen LogP contribution in [0.25, 0.3) is 0 Å². The Bertz CT molecular complexity index is 679. The first-order valence-corrected chi connectivity index (χ1v) is 5.98. The zero-order valence-electron chi connectivity index (χ0n) is 9.38. The highest BCUT2D eigenvalue weighted by Crippen LogP contribution is 2.31. The van der Waals surface area contributed by atoms with Gasteiger partial charge in [-0.1, -0.05) is 11.3 Å². The average Bonchev–Trinajstić information content (AvgIpc) is 2.84. The number of nitrogens with zero attached hydrogens (tertiary/aromatic N) is 3. The number of fused-ring (bicyclic) bond motifs is 1. The normalized spacial score (nSPS) is 14.2. The number of anilines is 2. The van der Waals surface area contributed by atoms with Crippen LogP contribution in [0.15, 0.2) is 18.2 Å². The van der Waals surface area contributed by atoms with E-state index in [9.17, 15) is 9.59 Å². The SMILES string of the molecule is Cc1nnc(N2C(=O)c3ccc(N)cc3C2=O)s1. The van der Waals surface area contributed by atoms with Crippen LogP contribution in [-0.4, -0.2) is 22.0 Å². The Hall–Kier alpha value is -2.28.